The van der Waals surface area contributed by atoms with Gasteiger partial charge in [0, 0.05) is 30.8 Å². The van der Waals surface area contributed by atoms with Crippen LogP contribution in [0.1, 0.15) is 33.3 Å². The lowest BCUT2D eigenvalue weighted by Crippen LogP contribution is -2.36. The lowest BCUT2D eigenvalue weighted by atomic mass is 9.90. The molecule has 2 aromatic rings. The van der Waals surface area contributed by atoms with Crippen molar-refractivity contribution in [2.45, 2.75) is 33.3 Å². The van der Waals surface area contributed by atoms with Gasteiger partial charge in [0.05, 0.1) is 20.8 Å². The van der Waals surface area contributed by atoms with Crippen LogP contribution in [0.5, 0.6) is 5.75 Å². The summed E-state index contributed by atoms with van der Waals surface area (Å²) in [7, 11) is 0. The molecule has 0 radical (unpaired) electrons. The van der Waals surface area contributed by atoms with E-state index in [-0.39, 0.29) is 21.6 Å². The summed E-state index contributed by atoms with van der Waals surface area (Å²) in [6.07, 6.45) is 1.50. The van der Waals surface area contributed by atoms with Crippen LogP contribution < -0.4 is 15.6 Å². The number of hydrogen-bond donors (Lipinski definition) is 1. The number of anilines is 1. The molecule has 1 amide bonds. The summed E-state index contributed by atoms with van der Waals surface area (Å²) >= 11 is 3.23. The van der Waals surface area contributed by atoms with Gasteiger partial charge in [0.2, 0.25) is 5.91 Å². The molecule has 0 unspecified atom stereocenters. The highest BCUT2D eigenvalue weighted by Crippen LogP contribution is 2.42. The second-order valence-corrected chi connectivity index (χ2v) is 7.81. The molecular formula is C19H18BrN3O5. The van der Waals surface area contributed by atoms with Crippen molar-refractivity contribution in [2.24, 2.45) is 0 Å². The van der Waals surface area contributed by atoms with Crippen molar-refractivity contribution in [2.75, 3.05) is 5.32 Å². The summed E-state index contributed by atoms with van der Waals surface area (Å²) in [5.74, 6) is 0.148. The average molecular weight is 448 g/mol. The number of halogens is 1. The number of rotatable bonds is 3. The SMILES string of the molecule is CC(=O)Nc1cc(Br)c(=O)n(C2=C(C)C(C)(C)Oc3ccc([N+](=O)[O-])cc32)c1. The molecule has 0 saturated heterocycles. The van der Waals surface area contributed by atoms with Gasteiger partial charge in [-0.05, 0) is 54.4 Å². The summed E-state index contributed by atoms with van der Waals surface area (Å²) in [6, 6.07) is 5.78. The van der Waals surface area contributed by atoms with Crippen LogP contribution in [0.4, 0.5) is 11.4 Å². The number of nitrogens with one attached hydrogen (secondary N) is 1. The van der Waals surface area contributed by atoms with Crippen molar-refractivity contribution >= 4 is 38.9 Å². The Kier molecular flexibility index (Phi) is 4.88. The third-order valence-electron chi connectivity index (χ3n) is 4.59. The number of pyridine rings is 1. The number of nitro benzene ring substituents is 1. The third-order valence-corrected chi connectivity index (χ3v) is 5.16. The molecule has 1 aliphatic rings. The Morgan fingerprint density at radius 3 is 2.61 bits per heavy atom. The van der Waals surface area contributed by atoms with Gasteiger partial charge in [-0.25, -0.2) is 0 Å². The van der Waals surface area contributed by atoms with Crippen molar-refractivity contribution in [3.8, 4) is 5.75 Å². The van der Waals surface area contributed by atoms with Crippen LogP contribution in [0.25, 0.3) is 5.70 Å². The van der Waals surface area contributed by atoms with E-state index >= 15 is 0 Å². The van der Waals surface area contributed by atoms with E-state index in [1.165, 1.54) is 42.0 Å². The lowest BCUT2D eigenvalue weighted by Gasteiger charge is -2.36. The summed E-state index contributed by atoms with van der Waals surface area (Å²) in [4.78, 5) is 35.1. The number of non-ortho nitro benzene ring substituents is 1. The van der Waals surface area contributed by atoms with Crippen molar-refractivity contribution in [1.82, 2.24) is 4.57 Å². The van der Waals surface area contributed by atoms with Crippen molar-refractivity contribution < 1.29 is 14.5 Å². The Morgan fingerprint density at radius 2 is 2.00 bits per heavy atom. The van der Waals surface area contributed by atoms with E-state index in [0.717, 1.165) is 5.57 Å². The molecule has 28 heavy (non-hydrogen) atoms. The minimum absolute atomic E-state index is 0.113. The van der Waals surface area contributed by atoms with Crippen LogP contribution in [0.15, 0.2) is 45.3 Å². The molecule has 1 aliphatic heterocycles. The molecule has 146 valence electrons. The summed E-state index contributed by atoms with van der Waals surface area (Å²) in [6.45, 7) is 6.88. The van der Waals surface area contributed by atoms with Crippen molar-refractivity contribution in [3.63, 3.8) is 0 Å². The molecule has 9 heteroatoms. The lowest BCUT2D eigenvalue weighted by molar-refractivity contribution is -0.384. The molecule has 0 atom stereocenters. The molecule has 0 spiro atoms. The normalized spacial score (nSPS) is 14.9. The molecule has 1 aromatic carbocycles. The van der Waals surface area contributed by atoms with Gasteiger partial charge >= 0.3 is 0 Å². The first-order chi connectivity index (χ1) is 13.0. The zero-order valence-corrected chi connectivity index (χ0v) is 17.3. The highest BCUT2D eigenvalue weighted by atomic mass is 79.9. The van der Waals surface area contributed by atoms with Gasteiger partial charge in [0.25, 0.3) is 11.2 Å². The highest BCUT2D eigenvalue weighted by molar-refractivity contribution is 9.10. The maximum atomic E-state index is 12.9. The largest absolute Gasteiger partial charge is 0.483 e. The Hall–Kier alpha value is -2.94. The van der Waals surface area contributed by atoms with E-state index in [2.05, 4.69) is 21.2 Å². The molecule has 3 rings (SSSR count). The number of carbonyl (C=O) groups is 1. The van der Waals surface area contributed by atoms with Crippen LogP contribution in [0, 0.1) is 10.1 Å². The maximum absolute atomic E-state index is 12.9. The summed E-state index contributed by atoms with van der Waals surface area (Å²) < 4.78 is 7.62. The molecule has 0 aliphatic carbocycles. The van der Waals surface area contributed by atoms with Crippen LogP contribution >= 0.6 is 15.9 Å². The van der Waals surface area contributed by atoms with Crippen LogP contribution in [0.3, 0.4) is 0 Å². The first kappa shape index (κ1) is 19.8. The van der Waals surface area contributed by atoms with Crippen molar-refractivity contribution in [1.29, 1.82) is 0 Å². The van der Waals surface area contributed by atoms with E-state index in [9.17, 15) is 19.7 Å². The van der Waals surface area contributed by atoms with E-state index in [1.807, 2.05) is 20.8 Å². The number of aromatic nitrogens is 1. The average Bonchev–Trinajstić information content (AvgIpc) is 2.58. The fraction of sp³-hybridized carbons (Fsp3) is 0.263. The first-order valence-corrected chi connectivity index (χ1v) is 9.20. The van der Waals surface area contributed by atoms with Gasteiger partial charge in [-0.15, -0.1) is 0 Å². The minimum atomic E-state index is -0.742. The van der Waals surface area contributed by atoms with E-state index < -0.39 is 10.5 Å². The molecule has 1 N–H and O–H groups in total. The van der Waals surface area contributed by atoms with Crippen molar-refractivity contribution in [3.05, 3.63) is 66.5 Å². The van der Waals surface area contributed by atoms with Gasteiger partial charge in [0.1, 0.15) is 11.4 Å². The minimum Gasteiger partial charge on any atom is -0.483 e. The third kappa shape index (κ3) is 3.45. The fourth-order valence-electron chi connectivity index (χ4n) is 3.04. The molecule has 0 saturated carbocycles. The van der Waals surface area contributed by atoms with Crippen LogP contribution in [-0.2, 0) is 4.79 Å². The number of amides is 1. The van der Waals surface area contributed by atoms with Crippen LogP contribution in [0.2, 0.25) is 0 Å². The monoisotopic (exact) mass is 447 g/mol. The van der Waals surface area contributed by atoms with Gasteiger partial charge in [-0.2, -0.15) is 0 Å². The molecule has 0 fully saturated rings. The first-order valence-electron chi connectivity index (χ1n) is 8.40. The molecular weight excluding hydrogens is 430 g/mol. The number of fused-ring (bicyclic) bond motifs is 1. The maximum Gasteiger partial charge on any atom is 0.270 e. The zero-order chi connectivity index (χ0) is 20.8. The van der Waals surface area contributed by atoms with E-state index in [4.69, 9.17) is 4.74 Å². The molecule has 8 nitrogen and oxygen atoms in total. The topological polar surface area (TPSA) is 103 Å². The van der Waals surface area contributed by atoms with Gasteiger partial charge in [0.15, 0.2) is 0 Å². The van der Waals surface area contributed by atoms with Gasteiger partial charge < -0.3 is 10.1 Å². The van der Waals surface area contributed by atoms with E-state index in [0.29, 0.717) is 22.7 Å². The Labute approximate surface area is 169 Å². The van der Waals surface area contributed by atoms with E-state index in [1.54, 1.807) is 0 Å². The smallest absolute Gasteiger partial charge is 0.270 e. The van der Waals surface area contributed by atoms with Crippen LogP contribution in [-0.4, -0.2) is 21.0 Å². The zero-order valence-electron chi connectivity index (χ0n) is 15.7. The number of hydrogen-bond acceptors (Lipinski definition) is 5. The Balaban J connectivity index is 2.35. The quantitative estimate of drug-likeness (QED) is 0.566. The second kappa shape index (κ2) is 6.90. The fourth-order valence-corrected chi connectivity index (χ4v) is 3.48. The van der Waals surface area contributed by atoms with Gasteiger partial charge in [-0.3, -0.25) is 24.3 Å². The predicted octanol–water partition coefficient (Wildman–Crippen LogP) is 3.93. The predicted molar refractivity (Wildman–Crippen MR) is 109 cm³/mol. The number of carbonyl (C=O) groups excluding carboxylic acids is 1. The highest BCUT2D eigenvalue weighted by Gasteiger charge is 2.34. The number of nitro groups is 1. The summed E-state index contributed by atoms with van der Waals surface area (Å²) in [5, 5.41) is 13.9. The summed E-state index contributed by atoms with van der Waals surface area (Å²) in [5.41, 5.74) is 0.822. The molecule has 0 bridgehead atoms. The molecule has 1 aromatic heterocycles. The van der Waals surface area contributed by atoms with Gasteiger partial charge in [-0.1, -0.05) is 0 Å². The second-order valence-electron chi connectivity index (χ2n) is 6.96. The number of nitrogens with zero attached hydrogens (tertiary/aromatic N) is 2. The Bertz CT molecular complexity index is 1100. The number of ether oxygens (including phenoxy) is 1. The Morgan fingerprint density at radius 1 is 1.32 bits per heavy atom. The standard InChI is InChI=1S/C19H18BrN3O5/c1-10-17(22-9-12(21-11(2)24)7-15(20)18(22)25)14-8-13(23(26)27)5-6-16(14)28-19(10,3)4/h5-9H,1-4H3,(H,21,24). The molecule has 2 heterocycles. The number of benzene rings is 1.